The van der Waals surface area contributed by atoms with Gasteiger partial charge in [-0.3, -0.25) is 4.79 Å². The first kappa shape index (κ1) is 14.9. The lowest BCUT2D eigenvalue weighted by atomic mass is 10.1. The number of hydrogen-bond donors (Lipinski definition) is 1. The minimum Gasteiger partial charge on any atom is -0.377 e. The fourth-order valence-corrected chi connectivity index (χ4v) is 1.72. The Morgan fingerprint density at radius 3 is 2.61 bits per heavy atom. The first-order chi connectivity index (χ1) is 8.83. The van der Waals surface area contributed by atoms with E-state index in [0.29, 0.717) is 31.8 Å². The highest BCUT2D eigenvalue weighted by molar-refractivity contribution is 5.78. The van der Waals surface area contributed by atoms with Gasteiger partial charge in [-0.2, -0.15) is 0 Å². The predicted octanol–water partition coefficient (Wildman–Crippen LogP) is 2.55. The SMILES string of the molecule is CNCCCC(=O)CCCOCc1ccccc1. The third-order valence-corrected chi connectivity index (χ3v) is 2.74. The Hall–Kier alpha value is -1.19. The van der Waals surface area contributed by atoms with E-state index in [-0.39, 0.29) is 0 Å². The molecule has 18 heavy (non-hydrogen) atoms. The molecule has 0 fully saturated rings. The van der Waals surface area contributed by atoms with Crippen molar-refractivity contribution < 1.29 is 9.53 Å². The highest BCUT2D eigenvalue weighted by Gasteiger charge is 2.01. The Bertz CT molecular complexity index is 325. The zero-order valence-electron chi connectivity index (χ0n) is 11.2. The second kappa shape index (κ2) is 9.80. The van der Waals surface area contributed by atoms with E-state index in [1.807, 2.05) is 37.4 Å². The van der Waals surface area contributed by atoms with Crippen molar-refractivity contribution in [2.75, 3.05) is 20.2 Å². The Kier molecular flexibility index (Phi) is 8.10. The lowest BCUT2D eigenvalue weighted by Gasteiger charge is -2.04. The van der Waals surface area contributed by atoms with Crippen LogP contribution in [0.3, 0.4) is 0 Å². The third-order valence-electron chi connectivity index (χ3n) is 2.74. The molecule has 0 amide bonds. The van der Waals surface area contributed by atoms with Crippen LogP contribution in [0.4, 0.5) is 0 Å². The summed E-state index contributed by atoms with van der Waals surface area (Å²) in [5.41, 5.74) is 1.18. The molecule has 0 spiro atoms. The Labute approximate surface area is 110 Å². The summed E-state index contributed by atoms with van der Waals surface area (Å²) in [6.07, 6.45) is 3.07. The molecule has 1 aromatic carbocycles. The quantitative estimate of drug-likeness (QED) is 0.648. The summed E-state index contributed by atoms with van der Waals surface area (Å²) in [5.74, 6) is 0.341. The van der Waals surface area contributed by atoms with Gasteiger partial charge in [0.2, 0.25) is 0 Å². The van der Waals surface area contributed by atoms with Crippen LogP contribution >= 0.6 is 0 Å². The maximum absolute atomic E-state index is 11.5. The van der Waals surface area contributed by atoms with Crippen LogP contribution in [0.1, 0.15) is 31.2 Å². The van der Waals surface area contributed by atoms with Gasteiger partial charge < -0.3 is 10.1 Å². The molecule has 0 aliphatic carbocycles. The first-order valence-corrected chi connectivity index (χ1v) is 6.61. The number of hydrogen-bond acceptors (Lipinski definition) is 3. The molecular weight excluding hydrogens is 226 g/mol. The van der Waals surface area contributed by atoms with E-state index < -0.39 is 0 Å². The van der Waals surface area contributed by atoms with Gasteiger partial charge in [0, 0.05) is 19.4 Å². The standard InChI is InChI=1S/C15H23NO2/c1-16-11-5-9-15(17)10-6-12-18-13-14-7-3-2-4-8-14/h2-4,7-8,16H,5-6,9-13H2,1H3. The molecule has 0 aromatic heterocycles. The monoisotopic (exact) mass is 249 g/mol. The second-order valence-electron chi connectivity index (χ2n) is 4.39. The number of rotatable bonds is 10. The number of benzene rings is 1. The summed E-state index contributed by atoms with van der Waals surface area (Å²) in [4.78, 5) is 11.5. The van der Waals surface area contributed by atoms with Gasteiger partial charge in [-0.25, -0.2) is 0 Å². The zero-order chi connectivity index (χ0) is 13.1. The molecule has 100 valence electrons. The van der Waals surface area contributed by atoms with E-state index in [1.54, 1.807) is 0 Å². The van der Waals surface area contributed by atoms with Crippen molar-refractivity contribution >= 4 is 5.78 Å². The molecule has 0 atom stereocenters. The van der Waals surface area contributed by atoms with E-state index >= 15 is 0 Å². The molecule has 0 unspecified atom stereocenters. The Morgan fingerprint density at radius 2 is 1.89 bits per heavy atom. The summed E-state index contributed by atoms with van der Waals surface area (Å²) in [6, 6.07) is 10.1. The number of ether oxygens (including phenoxy) is 1. The molecule has 1 aromatic rings. The van der Waals surface area contributed by atoms with Crippen molar-refractivity contribution in [1.29, 1.82) is 0 Å². The average Bonchev–Trinajstić information content (AvgIpc) is 2.40. The third kappa shape index (κ3) is 7.20. The van der Waals surface area contributed by atoms with Crippen LogP contribution in [0.5, 0.6) is 0 Å². The fraction of sp³-hybridized carbons (Fsp3) is 0.533. The molecule has 0 aliphatic heterocycles. The van der Waals surface area contributed by atoms with Crippen molar-refractivity contribution in [3.8, 4) is 0 Å². The van der Waals surface area contributed by atoms with Gasteiger partial charge >= 0.3 is 0 Å². The largest absolute Gasteiger partial charge is 0.377 e. The van der Waals surface area contributed by atoms with E-state index in [4.69, 9.17) is 4.74 Å². The van der Waals surface area contributed by atoms with E-state index in [2.05, 4.69) is 5.32 Å². The molecule has 3 nitrogen and oxygen atoms in total. The minimum absolute atomic E-state index is 0.341. The van der Waals surface area contributed by atoms with Gasteiger partial charge in [0.25, 0.3) is 0 Å². The van der Waals surface area contributed by atoms with Crippen molar-refractivity contribution in [3.05, 3.63) is 35.9 Å². The van der Waals surface area contributed by atoms with Gasteiger partial charge in [0.1, 0.15) is 5.78 Å². The summed E-state index contributed by atoms with van der Waals surface area (Å²) in [5, 5.41) is 3.04. The van der Waals surface area contributed by atoms with Gasteiger partial charge in [-0.15, -0.1) is 0 Å². The van der Waals surface area contributed by atoms with Crippen LogP contribution in [-0.2, 0) is 16.1 Å². The van der Waals surface area contributed by atoms with Crippen LogP contribution in [0.2, 0.25) is 0 Å². The van der Waals surface area contributed by atoms with E-state index in [1.165, 1.54) is 5.56 Å². The molecule has 0 bridgehead atoms. The van der Waals surface area contributed by atoms with Crippen LogP contribution in [0.15, 0.2) is 30.3 Å². The summed E-state index contributed by atoms with van der Waals surface area (Å²) >= 11 is 0. The predicted molar refractivity (Wildman–Crippen MR) is 73.5 cm³/mol. The molecule has 1 N–H and O–H groups in total. The van der Waals surface area contributed by atoms with Gasteiger partial charge in [0.05, 0.1) is 6.61 Å². The molecule has 0 saturated carbocycles. The van der Waals surface area contributed by atoms with Crippen LogP contribution < -0.4 is 5.32 Å². The number of carbonyl (C=O) groups is 1. The van der Waals surface area contributed by atoms with Crippen LogP contribution in [0, 0.1) is 0 Å². The number of nitrogens with one attached hydrogen (secondary N) is 1. The summed E-state index contributed by atoms with van der Waals surface area (Å²) in [7, 11) is 1.90. The molecule has 0 heterocycles. The van der Waals surface area contributed by atoms with Gasteiger partial charge in [-0.05, 0) is 32.0 Å². The van der Waals surface area contributed by atoms with Crippen molar-refractivity contribution in [1.82, 2.24) is 5.32 Å². The van der Waals surface area contributed by atoms with Crippen LogP contribution in [0.25, 0.3) is 0 Å². The molecule has 0 radical (unpaired) electrons. The summed E-state index contributed by atoms with van der Waals surface area (Å²) in [6.45, 7) is 2.21. The molecule has 0 saturated heterocycles. The number of Topliss-reactive ketones (excluding diaryl/α,β-unsaturated/α-hetero) is 1. The first-order valence-electron chi connectivity index (χ1n) is 6.61. The summed E-state index contributed by atoms with van der Waals surface area (Å²) < 4.78 is 5.53. The van der Waals surface area contributed by atoms with Gasteiger partial charge in [0.15, 0.2) is 0 Å². The maximum atomic E-state index is 11.5. The second-order valence-corrected chi connectivity index (χ2v) is 4.39. The highest BCUT2D eigenvalue weighted by atomic mass is 16.5. The molecular formula is C15H23NO2. The highest BCUT2D eigenvalue weighted by Crippen LogP contribution is 2.03. The zero-order valence-corrected chi connectivity index (χ0v) is 11.2. The average molecular weight is 249 g/mol. The number of carbonyl (C=O) groups excluding carboxylic acids is 1. The molecule has 1 rings (SSSR count). The smallest absolute Gasteiger partial charge is 0.133 e. The fourth-order valence-electron chi connectivity index (χ4n) is 1.72. The number of ketones is 1. The van der Waals surface area contributed by atoms with Gasteiger partial charge in [-0.1, -0.05) is 30.3 Å². The molecule has 0 aliphatic rings. The lowest BCUT2D eigenvalue weighted by Crippen LogP contribution is -2.10. The maximum Gasteiger partial charge on any atom is 0.133 e. The van der Waals surface area contributed by atoms with Crippen molar-refractivity contribution in [2.24, 2.45) is 0 Å². The Balaban J connectivity index is 1.97. The lowest BCUT2D eigenvalue weighted by molar-refractivity contribution is -0.119. The van der Waals surface area contributed by atoms with Crippen molar-refractivity contribution in [3.63, 3.8) is 0 Å². The van der Waals surface area contributed by atoms with E-state index in [9.17, 15) is 4.79 Å². The van der Waals surface area contributed by atoms with Crippen LogP contribution in [-0.4, -0.2) is 26.0 Å². The van der Waals surface area contributed by atoms with Crippen molar-refractivity contribution in [2.45, 2.75) is 32.3 Å². The Morgan fingerprint density at radius 1 is 1.17 bits per heavy atom. The van der Waals surface area contributed by atoms with E-state index in [0.717, 1.165) is 19.4 Å². The topological polar surface area (TPSA) is 38.3 Å². The molecule has 3 heteroatoms. The normalized spacial score (nSPS) is 10.5. The minimum atomic E-state index is 0.341.